The number of carbonyl (C=O) groups is 1. The molecule has 4 rings (SSSR count). The highest BCUT2D eigenvalue weighted by atomic mass is 16.7. The SMILES string of the molecule is CC(C(=O)N1OC2CCC1CC2)c1cccc(O)c1. The maximum atomic E-state index is 12.5. The molecule has 1 aromatic rings. The summed E-state index contributed by atoms with van der Waals surface area (Å²) in [6.07, 6.45) is 4.43. The molecule has 2 saturated heterocycles. The summed E-state index contributed by atoms with van der Waals surface area (Å²) in [7, 11) is 0. The van der Waals surface area contributed by atoms with Gasteiger partial charge in [0.15, 0.2) is 0 Å². The summed E-state index contributed by atoms with van der Waals surface area (Å²) in [5, 5.41) is 11.1. The van der Waals surface area contributed by atoms with Gasteiger partial charge in [-0.25, -0.2) is 5.06 Å². The van der Waals surface area contributed by atoms with Crippen LogP contribution >= 0.6 is 0 Å². The van der Waals surface area contributed by atoms with Crippen LogP contribution in [-0.4, -0.2) is 28.2 Å². The van der Waals surface area contributed by atoms with E-state index >= 15 is 0 Å². The zero-order valence-electron chi connectivity index (χ0n) is 11.1. The Labute approximate surface area is 112 Å². The van der Waals surface area contributed by atoms with Crippen molar-refractivity contribution in [1.29, 1.82) is 0 Å². The van der Waals surface area contributed by atoms with E-state index < -0.39 is 0 Å². The lowest BCUT2D eigenvalue weighted by Gasteiger charge is -2.44. The molecule has 3 fully saturated rings. The van der Waals surface area contributed by atoms with Crippen molar-refractivity contribution < 1.29 is 14.7 Å². The van der Waals surface area contributed by atoms with E-state index in [1.54, 1.807) is 23.3 Å². The normalized spacial score (nSPS) is 27.3. The van der Waals surface area contributed by atoms with Gasteiger partial charge in [0.05, 0.1) is 18.1 Å². The summed E-state index contributed by atoms with van der Waals surface area (Å²) in [5.41, 5.74) is 0.829. The van der Waals surface area contributed by atoms with Crippen LogP contribution < -0.4 is 0 Å². The summed E-state index contributed by atoms with van der Waals surface area (Å²) in [6.45, 7) is 1.86. The van der Waals surface area contributed by atoms with Crippen LogP contribution in [0.15, 0.2) is 24.3 Å². The van der Waals surface area contributed by atoms with E-state index in [9.17, 15) is 9.90 Å². The van der Waals surface area contributed by atoms with Crippen LogP contribution in [0.25, 0.3) is 0 Å². The number of rotatable bonds is 2. The van der Waals surface area contributed by atoms with Crippen molar-refractivity contribution >= 4 is 5.91 Å². The Bertz CT molecular complexity index is 480. The fourth-order valence-corrected chi connectivity index (χ4v) is 2.99. The third kappa shape index (κ3) is 2.32. The lowest BCUT2D eigenvalue weighted by Crippen LogP contribution is -2.52. The van der Waals surface area contributed by atoms with E-state index in [1.807, 2.05) is 13.0 Å². The summed E-state index contributed by atoms with van der Waals surface area (Å²) in [6, 6.07) is 7.12. The average molecular weight is 261 g/mol. The standard InChI is InChI=1S/C15H19NO3/c1-10(11-3-2-4-13(17)9-11)15(18)16-12-5-7-14(19-16)8-6-12/h2-4,9-10,12,14,17H,5-8H2,1H3. The third-order valence-corrected chi connectivity index (χ3v) is 4.20. The molecule has 1 saturated carbocycles. The van der Waals surface area contributed by atoms with Gasteiger partial charge in [-0.15, -0.1) is 0 Å². The molecule has 1 atom stereocenters. The first-order chi connectivity index (χ1) is 9.15. The minimum atomic E-state index is -0.286. The Balaban J connectivity index is 1.76. The van der Waals surface area contributed by atoms with Gasteiger partial charge >= 0.3 is 0 Å². The number of amides is 1. The highest BCUT2D eigenvalue weighted by Crippen LogP contribution is 2.35. The molecule has 0 radical (unpaired) electrons. The van der Waals surface area contributed by atoms with E-state index in [4.69, 9.17) is 4.84 Å². The van der Waals surface area contributed by atoms with Gasteiger partial charge < -0.3 is 5.11 Å². The van der Waals surface area contributed by atoms with Crippen LogP contribution in [0.4, 0.5) is 0 Å². The Morgan fingerprint density at radius 1 is 1.37 bits per heavy atom. The first-order valence-electron chi connectivity index (χ1n) is 6.94. The Hall–Kier alpha value is -1.55. The van der Waals surface area contributed by atoms with Gasteiger partial charge in [0.25, 0.3) is 5.91 Å². The maximum absolute atomic E-state index is 12.5. The molecule has 102 valence electrons. The molecule has 1 amide bonds. The molecule has 19 heavy (non-hydrogen) atoms. The summed E-state index contributed by atoms with van der Waals surface area (Å²) < 4.78 is 0. The van der Waals surface area contributed by atoms with Crippen molar-refractivity contribution in [3.05, 3.63) is 29.8 Å². The molecule has 1 aromatic carbocycles. The fraction of sp³-hybridized carbons (Fsp3) is 0.533. The second-order valence-electron chi connectivity index (χ2n) is 5.52. The topological polar surface area (TPSA) is 49.8 Å². The van der Waals surface area contributed by atoms with E-state index in [2.05, 4.69) is 0 Å². The first kappa shape index (κ1) is 12.5. The lowest BCUT2D eigenvalue weighted by atomic mass is 9.89. The summed E-state index contributed by atoms with van der Waals surface area (Å²) in [5.74, 6) is -0.0929. The second-order valence-corrected chi connectivity index (χ2v) is 5.52. The van der Waals surface area contributed by atoms with Crippen molar-refractivity contribution in [3.8, 4) is 5.75 Å². The predicted octanol–water partition coefficient (Wildman–Crippen LogP) is 2.58. The van der Waals surface area contributed by atoms with E-state index in [1.165, 1.54) is 0 Å². The summed E-state index contributed by atoms with van der Waals surface area (Å²) >= 11 is 0. The number of fused-ring (bicyclic) bond motifs is 3. The third-order valence-electron chi connectivity index (χ3n) is 4.20. The predicted molar refractivity (Wildman–Crippen MR) is 70.5 cm³/mol. The lowest BCUT2D eigenvalue weighted by molar-refractivity contribution is -0.264. The molecule has 0 spiro atoms. The number of benzene rings is 1. The monoisotopic (exact) mass is 261 g/mol. The van der Waals surface area contributed by atoms with Gasteiger partial charge in [-0.1, -0.05) is 12.1 Å². The Morgan fingerprint density at radius 3 is 2.68 bits per heavy atom. The number of carbonyl (C=O) groups excluding carboxylic acids is 1. The molecule has 4 heteroatoms. The van der Waals surface area contributed by atoms with Gasteiger partial charge in [-0.3, -0.25) is 9.63 Å². The average Bonchev–Trinajstić information content (AvgIpc) is 2.47. The van der Waals surface area contributed by atoms with Crippen molar-refractivity contribution in [1.82, 2.24) is 5.06 Å². The first-order valence-corrected chi connectivity index (χ1v) is 6.94. The van der Waals surface area contributed by atoms with Crippen LogP contribution in [0.1, 0.15) is 44.1 Å². The van der Waals surface area contributed by atoms with Crippen LogP contribution in [0.3, 0.4) is 0 Å². The van der Waals surface area contributed by atoms with Crippen LogP contribution in [0.2, 0.25) is 0 Å². The van der Waals surface area contributed by atoms with Gasteiger partial charge in [0.2, 0.25) is 0 Å². The van der Waals surface area contributed by atoms with Gasteiger partial charge in [-0.05, 0) is 50.3 Å². The van der Waals surface area contributed by atoms with Gasteiger partial charge in [0, 0.05) is 0 Å². The van der Waals surface area contributed by atoms with Crippen molar-refractivity contribution in [2.45, 2.75) is 50.7 Å². The number of phenols is 1. The molecule has 2 heterocycles. The molecule has 2 aliphatic heterocycles. The van der Waals surface area contributed by atoms with Crippen LogP contribution in [0, 0.1) is 0 Å². The van der Waals surface area contributed by atoms with E-state index in [-0.39, 0.29) is 29.7 Å². The van der Waals surface area contributed by atoms with Crippen LogP contribution in [0.5, 0.6) is 5.75 Å². The van der Waals surface area contributed by atoms with E-state index in [0.29, 0.717) is 0 Å². The second kappa shape index (κ2) is 4.85. The Kier molecular flexibility index (Phi) is 3.19. The van der Waals surface area contributed by atoms with Crippen molar-refractivity contribution in [3.63, 3.8) is 0 Å². The maximum Gasteiger partial charge on any atom is 0.253 e. The molecule has 1 unspecified atom stereocenters. The zero-order chi connectivity index (χ0) is 13.4. The molecule has 1 aliphatic carbocycles. The largest absolute Gasteiger partial charge is 0.508 e. The molecular formula is C15H19NO3. The minimum Gasteiger partial charge on any atom is -0.508 e. The van der Waals surface area contributed by atoms with Crippen molar-refractivity contribution in [2.24, 2.45) is 0 Å². The molecule has 4 nitrogen and oxygen atoms in total. The molecular weight excluding hydrogens is 242 g/mol. The quantitative estimate of drug-likeness (QED) is 0.890. The van der Waals surface area contributed by atoms with Gasteiger partial charge in [0.1, 0.15) is 5.75 Å². The summed E-state index contributed by atoms with van der Waals surface area (Å²) in [4.78, 5) is 18.3. The fourth-order valence-electron chi connectivity index (χ4n) is 2.99. The number of nitrogens with zero attached hydrogens (tertiary/aromatic N) is 1. The number of aromatic hydroxyl groups is 1. The Morgan fingerprint density at radius 2 is 2.11 bits per heavy atom. The zero-order valence-corrected chi connectivity index (χ0v) is 11.1. The molecule has 3 aliphatic rings. The van der Waals surface area contributed by atoms with Crippen LogP contribution in [-0.2, 0) is 9.63 Å². The smallest absolute Gasteiger partial charge is 0.253 e. The minimum absolute atomic E-state index is 0. The van der Waals surface area contributed by atoms with Gasteiger partial charge in [-0.2, -0.15) is 0 Å². The molecule has 2 bridgehead atoms. The van der Waals surface area contributed by atoms with Crippen molar-refractivity contribution in [2.75, 3.05) is 0 Å². The molecule has 0 aromatic heterocycles. The highest BCUT2D eigenvalue weighted by molar-refractivity contribution is 5.83. The number of phenolic OH excluding ortho intramolecular Hbond substituents is 1. The number of hydrogen-bond donors (Lipinski definition) is 1. The number of hydrogen-bond acceptors (Lipinski definition) is 3. The van der Waals surface area contributed by atoms with E-state index in [0.717, 1.165) is 31.2 Å². The highest BCUT2D eigenvalue weighted by Gasteiger charge is 2.39. The number of hydroxylamine groups is 2. The molecule has 1 N–H and O–H groups in total.